The Labute approximate surface area is 111 Å². The Hall–Kier alpha value is -1.11. The van der Waals surface area contributed by atoms with E-state index in [2.05, 4.69) is 24.0 Å². The van der Waals surface area contributed by atoms with Gasteiger partial charge in [-0.1, -0.05) is 23.8 Å². The zero-order valence-corrected chi connectivity index (χ0v) is 11.7. The van der Waals surface area contributed by atoms with Crippen LogP contribution in [0.1, 0.15) is 33.1 Å². The van der Waals surface area contributed by atoms with Crippen molar-refractivity contribution >= 4 is 0 Å². The van der Waals surface area contributed by atoms with Gasteiger partial charge in [0.25, 0.3) is 0 Å². The normalized spacial score (nSPS) is 21.1. The molecule has 0 unspecified atom stereocenters. The van der Waals surface area contributed by atoms with Crippen molar-refractivity contribution in [3.05, 3.63) is 23.8 Å². The minimum atomic E-state index is -0.251. The van der Waals surface area contributed by atoms with Gasteiger partial charge in [0.1, 0.15) is 0 Å². The van der Waals surface area contributed by atoms with Gasteiger partial charge in [0.05, 0.1) is 11.5 Å². The van der Waals surface area contributed by atoms with Gasteiger partial charge >= 0.3 is 0 Å². The summed E-state index contributed by atoms with van der Waals surface area (Å²) in [6.07, 6.45) is 9.04. The van der Waals surface area contributed by atoms with E-state index in [4.69, 9.17) is 5.73 Å². The molecular weight excluding hydrogens is 222 g/mol. The highest BCUT2D eigenvalue weighted by Gasteiger charge is 2.35. The molecule has 1 heterocycles. The molecule has 100 valence electrons. The van der Waals surface area contributed by atoms with Crippen molar-refractivity contribution in [3.8, 4) is 6.07 Å². The topological polar surface area (TPSA) is 53.0 Å². The number of rotatable bonds is 5. The maximum atomic E-state index is 9.52. The van der Waals surface area contributed by atoms with Crippen LogP contribution in [0.15, 0.2) is 23.8 Å². The Kier molecular flexibility index (Phi) is 6.11. The van der Waals surface area contributed by atoms with Crippen LogP contribution >= 0.6 is 0 Å². The Morgan fingerprint density at radius 1 is 1.44 bits per heavy atom. The first-order chi connectivity index (χ1) is 8.68. The van der Waals surface area contributed by atoms with Gasteiger partial charge in [-0.3, -0.25) is 0 Å². The maximum Gasteiger partial charge on any atom is 0.0807 e. The van der Waals surface area contributed by atoms with E-state index >= 15 is 0 Å². The van der Waals surface area contributed by atoms with Crippen LogP contribution in [0.25, 0.3) is 0 Å². The van der Waals surface area contributed by atoms with E-state index in [9.17, 15) is 5.26 Å². The van der Waals surface area contributed by atoms with Crippen molar-refractivity contribution in [2.24, 2.45) is 11.1 Å². The van der Waals surface area contributed by atoms with Crippen LogP contribution in [-0.4, -0.2) is 31.1 Å². The smallest absolute Gasteiger partial charge is 0.0807 e. The molecule has 1 fully saturated rings. The van der Waals surface area contributed by atoms with Crippen molar-refractivity contribution in [3.63, 3.8) is 0 Å². The summed E-state index contributed by atoms with van der Waals surface area (Å²) in [6, 6.07) is 2.55. The van der Waals surface area contributed by atoms with Gasteiger partial charge in [0.15, 0.2) is 0 Å². The molecule has 1 rings (SSSR count). The molecule has 18 heavy (non-hydrogen) atoms. The van der Waals surface area contributed by atoms with Gasteiger partial charge in [-0.2, -0.15) is 5.26 Å². The van der Waals surface area contributed by atoms with E-state index in [1.165, 1.54) is 5.57 Å². The highest BCUT2D eigenvalue weighted by Crippen LogP contribution is 2.37. The standard InChI is InChI=1S/C15H25N3/c1-3-4-6-14(2)15(13-17)7-11-18(12-8-15)10-5-9-16/h3-4,6H,5,7-12,16H2,1-2H3. The van der Waals surface area contributed by atoms with Crippen LogP contribution in [0.3, 0.4) is 0 Å². The number of nitrogens with two attached hydrogens (primary N) is 1. The van der Waals surface area contributed by atoms with Gasteiger partial charge in [-0.25, -0.2) is 0 Å². The largest absolute Gasteiger partial charge is 0.330 e. The lowest BCUT2D eigenvalue weighted by molar-refractivity contribution is 0.165. The number of piperidine rings is 1. The van der Waals surface area contributed by atoms with Crippen molar-refractivity contribution in [1.29, 1.82) is 5.26 Å². The highest BCUT2D eigenvalue weighted by atomic mass is 15.1. The summed E-state index contributed by atoms with van der Waals surface area (Å²) in [5, 5.41) is 9.52. The van der Waals surface area contributed by atoms with Gasteiger partial charge in [-0.05, 0) is 59.3 Å². The summed E-state index contributed by atoms with van der Waals surface area (Å²) in [7, 11) is 0. The van der Waals surface area contributed by atoms with Gasteiger partial charge in [0.2, 0.25) is 0 Å². The average molecular weight is 247 g/mol. The molecule has 0 amide bonds. The maximum absolute atomic E-state index is 9.52. The molecule has 1 aliphatic heterocycles. The zero-order chi connectivity index (χ0) is 13.4. The number of allylic oxidation sites excluding steroid dienone is 4. The van der Waals surface area contributed by atoms with Crippen molar-refractivity contribution < 1.29 is 0 Å². The SMILES string of the molecule is CC=CC=C(C)C1(C#N)CCN(CCCN)CC1. The number of nitriles is 1. The number of hydrogen-bond acceptors (Lipinski definition) is 3. The van der Waals surface area contributed by atoms with Crippen molar-refractivity contribution in [2.75, 3.05) is 26.2 Å². The summed E-state index contributed by atoms with van der Waals surface area (Å²) in [4.78, 5) is 2.42. The van der Waals surface area contributed by atoms with E-state index in [1.807, 2.05) is 19.1 Å². The molecule has 3 heteroatoms. The third kappa shape index (κ3) is 3.69. The molecule has 2 N–H and O–H groups in total. The van der Waals surface area contributed by atoms with Crippen LogP contribution in [0, 0.1) is 16.7 Å². The molecule has 3 nitrogen and oxygen atoms in total. The first kappa shape index (κ1) is 14.9. The Morgan fingerprint density at radius 3 is 2.61 bits per heavy atom. The fourth-order valence-electron chi connectivity index (χ4n) is 2.47. The summed E-state index contributed by atoms with van der Waals surface area (Å²) in [5.74, 6) is 0. The first-order valence-electron chi connectivity index (χ1n) is 6.82. The van der Waals surface area contributed by atoms with Crippen molar-refractivity contribution in [1.82, 2.24) is 4.90 Å². The lowest BCUT2D eigenvalue weighted by atomic mass is 9.74. The molecule has 0 aromatic rings. The lowest BCUT2D eigenvalue weighted by Gasteiger charge is -2.38. The van der Waals surface area contributed by atoms with Gasteiger partial charge in [-0.15, -0.1) is 0 Å². The molecule has 0 spiro atoms. The minimum Gasteiger partial charge on any atom is -0.330 e. The van der Waals surface area contributed by atoms with Crippen LogP contribution in [-0.2, 0) is 0 Å². The Bertz CT molecular complexity index is 341. The molecule has 1 aliphatic rings. The molecule has 0 atom stereocenters. The second-order valence-corrected chi connectivity index (χ2v) is 5.05. The Morgan fingerprint density at radius 2 is 2.11 bits per heavy atom. The summed E-state index contributed by atoms with van der Waals surface area (Å²) in [6.45, 7) is 7.91. The number of hydrogen-bond donors (Lipinski definition) is 1. The predicted octanol–water partition coefficient (Wildman–Crippen LogP) is 2.46. The minimum absolute atomic E-state index is 0.251. The Balaban J connectivity index is 2.63. The predicted molar refractivity (Wildman–Crippen MR) is 76.0 cm³/mol. The summed E-state index contributed by atoms with van der Waals surface area (Å²) < 4.78 is 0. The van der Waals surface area contributed by atoms with Crippen LogP contribution in [0.4, 0.5) is 0 Å². The molecule has 0 radical (unpaired) electrons. The fraction of sp³-hybridized carbons (Fsp3) is 0.667. The number of likely N-dealkylation sites (tertiary alicyclic amines) is 1. The third-order valence-electron chi connectivity index (χ3n) is 3.90. The van der Waals surface area contributed by atoms with Crippen LogP contribution in [0.5, 0.6) is 0 Å². The van der Waals surface area contributed by atoms with E-state index in [1.54, 1.807) is 0 Å². The molecular formula is C15H25N3. The molecule has 0 aliphatic carbocycles. The zero-order valence-electron chi connectivity index (χ0n) is 11.7. The molecule has 0 saturated carbocycles. The fourth-order valence-corrected chi connectivity index (χ4v) is 2.47. The lowest BCUT2D eigenvalue weighted by Crippen LogP contribution is -2.40. The first-order valence-corrected chi connectivity index (χ1v) is 6.82. The van der Waals surface area contributed by atoms with E-state index in [-0.39, 0.29) is 5.41 Å². The monoisotopic (exact) mass is 247 g/mol. The molecule has 0 aromatic heterocycles. The molecule has 1 saturated heterocycles. The van der Waals surface area contributed by atoms with Crippen LogP contribution in [0.2, 0.25) is 0 Å². The quantitative estimate of drug-likeness (QED) is 0.759. The van der Waals surface area contributed by atoms with E-state index < -0.39 is 0 Å². The van der Waals surface area contributed by atoms with Gasteiger partial charge in [0, 0.05) is 0 Å². The average Bonchev–Trinajstić information content (AvgIpc) is 2.43. The number of nitrogens with zero attached hydrogens (tertiary/aromatic N) is 2. The summed E-state index contributed by atoms with van der Waals surface area (Å²) in [5.41, 5.74) is 6.48. The van der Waals surface area contributed by atoms with Crippen LogP contribution < -0.4 is 5.73 Å². The van der Waals surface area contributed by atoms with E-state index in [0.29, 0.717) is 0 Å². The molecule has 0 aromatic carbocycles. The van der Waals surface area contributed by atoms with Crippen molar-refractivity contribution in [2.45, 2.75) is 33.1 Å². The van der Waals surface area contributed by atoms with Gasteiger partial charge < -0.3 is 10.6 Å². The molecule has 0 bridgehead atoms. The second-order valence-electron chi connectivity index (χ2n) is 5.05. The van der Waals surface area contributed by atoms with E-state index in [0.717, 1.165) is 45.4 Å². The highest BCUT2D eigenvalue weighted by molar-refractivity contribution is 5.26. The third-order valence-corrected chi connectivity index (χ3v) is 3.90. The summed E-state index contributed by atoms with van der Waals surface area (Å²) >= 11 is 0. The second kappa shape index (κ2) is 7.35.